The average molecular weight is 482 g/mol. The lowest BCUT2D eigenvalue weighted by Gasteiger charge is -2.20. The van der Waals surface area contributed by atoms with E-state index in [4.69, 9.17) is 21.3 Å². The number of unbranched alkanes of at least 4 members (excludes halogenated alkanes) is 1. The van der Waals surface area contributed by atoms with Crippen LogP contribution in [0.2, 0.25) is 5.02 Å². The topological polar surface area (TPSA) is 56.1 Å². The van der Waals surface area contributed by atoms with Gasteiger partial charge in [0.25, 0.3) is 0 Å². The van der Waals surface area contributed by atoms with Crippen LogP contribution < -0.4 is 10.1 Å². The van der Waals surface area contributed by atoms with Gasteiger partial charge in [-0.15, -0.1) is 0 Å². The molecule has 1 heterocycles. The van der Waals surface area contributed by atoms with E-state index in [1.54, 1.807) is 0 Å². The van der Waals surface area contributed by atoms with Gasteiger partial charge in [0.15, 0.2) is 0 Å². The van der Waals surface area contributed by atoms with Gasteiger partial charge >= 0.3 is 0 Å². The number of para-hydroxylation sites is 2. The zero-order valence-electron chi connectivity index (χ0n) is 20.4. The van der Waals surface area contributed by atoms with Crippen LogP contribution in [0.25, 0.3) is 11.0 Å². The van der Waals surface area contributed by atoms with Gasteiger partial charge in [0.1, 0.15) is 11.6 Å². The van der Waals surface area contributed by atoms with Crippen LogP contribution in [0, 0.1) is 19.8 Å². The molecule has 0 spiro atoms. The molecule has 1 aliphatic rings. The van der Waals surface area contributed by atoms with Crippen LogP contribution in [0.4, 0.5) is 0 Å². The first-order valence-electron chi connectivity index (χ1n) is 12.6. The summed E-state index contributed by atoms with van der Waals surface area (Å²) in [5.74, 6) is 2.32. The number of carbonyl (C=O) groups excluding carboxylic acids is 1. The molecule has 1 aliphatic carbocycles. The molecular formula is C28H36ClN3O2. The van der Waals surface area contributed by atoms with Crippen molar-refractivity contribution in [3.05, 3.63) is 58.4 Å². The second-order valence-electron chi connectivity index (χ2n) is 9.47. The van der Waals surface area contributed by atoms with E-state index < -0.39 is 0 Å². The predicted molar refractivity (Wildman–Crippen MR) is 139 cm³/mol. The molecule has 2 aromatic carbocycles. The number of halogens is 1. The van der Waals surface area contributed by atoms with Gasteiger partial charge in [-0.3, -0.25) is 4.79 Å². The number of hydrogen-bond donors (Lipinski definition) is 1. The third-order valence-electron chi connectivity index (χ3n) is 6.81. The number of aryl methyl sites for hydroxylation is 3. The molecule has 0 aliphatic heterocycles. The maximum atomic E-state index is 12.5. The first-order chi connectivity index (χ1) is 16.5. The van der Waals surface area contributed by atoms with Crippen molar-refractivity contribution in [1.82, 2.24) is 14.9 Å². The van der Waals surface area contributed by atoms with Crippen LogP contribution in [0.3, 0.4) is 0 Å². The van der Waals surface area contributed by atoms with Crippen LogP contribution in [-0.2, 0) is 17.8 Å². The van der Waals surface area contributed by atoms with E-state index in [0.29, 0.717) is 13.2 Å². The van der Waals surface area contributed by atoms with Crippen molar-refractivity contribution in [2.45, 2.75) is 71.8 Å². The molecule has 5 nitrogen and oxygen atoms in total. The Bertz CT molecular complexity index is 1100. The van der Waals surface area contributed by atoms with Crippen molar-refractivity contribution in [2.75, 3.05) is 13.2 Å². The second kappa shape index (κ2) is 11.7. The molecular weight excluding hydrogens is 446 g/mol. The van der Waals surface area contributed by atoms with Crippen molar-refractivity contribution in [1.29, 1.82) is 0 Å². The Morgan fingerprint density at radius 1 is 1.12 bits per heavy atom. The fraction of sp³-hybridized carbons (Fsp3) is 0.500. The second-order valence-corrected chi connectivity index (χ2v) is 9.85. The van der Waals surface area contributed by atoms with Crippen LogP contribution in [0.15, 0.2) is 36.4 Å². The standard InChI is InChI=1S/C28H36ClN3O2/c1-20-18-23(19-21(2)27(20)29)34-17-9-8-16-32-25-13-7-6-12-24(25)31-26(32)14-15-30-28(33)22-10-4-3-5-11-22/h6-7,12-13,18-19,22H,3-5,8-11,14-17H2,1-2H3,(H,30,33). The van der Waals surface area contributed by atoms with Gasteiger partial charge in [0.05, 0.1) is 17.6 Å². The molecule has 34 heavy (non-hydrogen) atoms. The molecule has 6 heteroatoms. The number of imidazole rings is 1. The minimum atomic E-state index is 0.195. The summed E-state index contributed by atoms with van der Waals surface area (Å²) in [6, 6.07) is 12.3. The normalized spacial score (nSPS) is 14.4. The Hall–Kier alpha value is -2.53. The molecule has 0 unspecified atom stereocenters. The Balaban J connectivity index is 1.30. The fourth-order valence-electron chi connectivity index (χ4n) is 4.92. The van der Waals surface area contributed by atoms with Crippen molar-refractivity contribution < 1.29 is 9.53 Å². The SMILES string of the molecule is Cc1cc(OCCCCn2c(CCNC(=O)C3CCCCC3)nc3ccccc32)cc(C)c1Cl. The van der Waals surface area contributed by atoms with E-state index in [2.05, 4.69) is 28.1 Å². The molecule has 1 aromatic heterocycles. The highest BCUT2D eigenvalue weighted by molar-refractivity contribution is 6.32. The number of ether oxygens (including phenoxy) is 1. The molecule has 4 rings (SSSR count). The number of hydrogen-bond acceptors (Lipinski definition) is 3. The van der Waals surface area contributed by atoms with E-state index >= 15 is 0 Å². The Morgan fingerprint density at radius 2 is 1.85 bits per heavy atom. The Kier molecular flexibility index (Phi) is 8.49. The fourth-order valence-corrected chi connectivity index (χ4v) is 5.03. The number of nitrogens with one attached hydrogen (secondary N) is 1. The lowest BCUT2D eigenvalue weighted by molar-refractivity contribution is -0.125. The molecule has 182 valence electrons. The maximum Gasteiger partial charge on any atom is 0.223 e. The molecule has 1 saturated carbocycles. The van der Waals surface area contributed by atoms with Gasteiger partial charge in [-0.25, -0.2) is 4.98 Å². The minimum Gasteiger partial charge on any atom is -0.494 e. The van der Waals surface area contributed by atoms with Gasteiger partial charge in [-0.2, -0.15) is 0 Å². The van der Waals surface area contributed by atoms with E-state index in [-0.39, 0.29) is 11.8 Å². The maximum absolute atomic E-state index is 12.5. The van der Waals surface area contributed by atoms with Crippen LogP contribution in [0.5, 0.6) is 5.75 Å². The zero-order chi connectivity index (χ0) is 23.9. The largest absolute Gasteiger partial charge is 0.494 e. The number of fused-ring (bicyclic) bond motifs is 1. The number of nitrogens with zero attached hydrogens (tertiary/aromatic N) is 2. The van der Waals surface area contributed by atoms with Gasteiger partial charge in [-0.05, 0) is 74.9 Å². The van der Waals surface area contributed by atoms with Crippen molar-refractivity contribution in [3.8, 4) is 5.75 Å². The summed E-state index contributed by atoms with van der Waals surface area (Å²) in [7, 11) is 0. The van der Waals surface area contributed by atoms with Crippen LogP contribution in [-0.4, -0.2) is 28.6 Å². The first-order valence-corrected chi connectivity index (χ1v) is 13.0. The number of benzene rings is 2. The summed E-state index contributed by atoms with van der Waals surface area (Å²) in [5, 5.41) is 3.97. The van der Waals surface area contributed by atoms with Crippen LogP contribution >= 0.6 is 11.6 Å². The van der Waals surface area contributed by atoms with E-state index in [1.165, 1.54) is 19.3 Å². The summed E-state index contributed by atoms with van der Waals surface area (Å²) >= 11 is 6.26. The van der Waals surface area contributed by atoms with Crippen molar-refractivity contribution in [3.63, 3.8) is 0 Å². The van der Waals surface area contributed by atoms with E-state index in [9.17, 15) is 4.79 Å². The van der Waals surface area contributed by atoms with Gasteiger partial charge in [-0.1, -0.05) is 43.0 Å². The number of carbonyl (C=O) groups is 1. The highest BCUT2D eigenvalue weighted by Gasteiger charge is 2.20. The summed E-state index contributed by atoms with van der Waals surface area (Å²) in [6.45, 7) is 6.20. The smallest absolute Gasteiger partial charge is 0.223 e. The molecule has 0 bridgehead atoms. The van der Waals surface area contributed by atoms with E-state index in [0.717, 1.165) is 77.4 Å². The monoisotopic (exact) mass is 481 g/mol. The third kappa shape index (κ3) is 6.12. The zero-order valence-corrected chi connectivity index (χ0v) is 21.2. The minimum absolute atomic E-state index is 0.195. The third-order valence-corrected chi connectivity index (χ3v) is 7.41. The molecule has 0 atom stereocenters. The molecule has 1 fully saturated rings. The first kappa shape index (κ1) is 24.6. The average Bonchev–Trinajstić information content (AvgIpc) is 3.20. The van der Waals surface area contributed by atoms with Crippen molar-refractivity contribution >= 4 is 28.5 Å². The molecule has 0 saturated heterocycles. The quantitative estimate of drug-likeness (QED) is 0.340. The van der Waals surface area contributed by atoms with Crippen LogP contribution in [0.1, 0.15) is 61.9 Å². The molecule has 0 radical (unpaired) electrons. The number of aromatic nitrogens is 2. The summed E-state index contributed by atoms with van der Waals surface area (Å²) < 4.78 is 8.28. The summed E-state index contributed by atoms with van der Waals surface area (Å²) in [4.78, 5) is 17.4. The van der Waals surface area contributed by atoms with Gasteiger partial charge in [0.2, 0.25) is 5.91 Å². The number of rotatable bonds is 10. The molecule has 3 aromatic rings. The Labute approximate surface area is 207 Å². The summed E-state index contributed by atoms with van der Waals surface area (Å²) in [5.41, 5.74) is 4.25. The Morgan fingerprint density at radius 3 is 2.62 bits per heavy atom. The molecule has 1 N–H and O–H groups in total. The highest BCUT2D eigenvalue weighted by atomic mass is 35.5. The number of amides is 1. The lowest BCUT2D eigenvalue weighted by atomic mass is 9.89. The van der Waals surface area contributed by atoms with E-state index in [1.807, 2.05) is 32.0 Å². The van der Waals surface area contributed by atoms with Gasteiger partial charge in [0, 0.05) is 30.5 Å². The highest BCUT2D eigenvalue weighted by Crippen LogP contribution is 2.26. The predicted octanol–water partition coefficient (Wildman–Crippen LogP) is 6.40. The molecule has 1 amide bonds. The lowest BCUT2D eigenvalue weighted by Crippen LogP contribution is -2.33. The summed E-state index contributed by atoms with van der Waals surface area (Å²) in [6.07, 6.45) is 8.36. The van der Waals surface area contributed by atoms with Gasteiger partial charge < -0.3 is 14.6 Å². The van der Waals surface area contributed by atoms with Crippen molar-refractivity contribution in [2.24, 2.45) is 5.92 Å².